The molecule has 0 aliphatic rings. The molecule has 386 valence electrons. The summed E-state index contributed by atoms with van der Waals surface area (Å²) in [6.07, 6.45) is 46.9. The molecule has 0 aliphatic heterocycles. The first-order valence-corrected chi connectivity index (χ1v) is 29.0. The highest BCUT2D eigenvalue weighted by Gasteiger charge is 2.23. The fourth-order valence-electron chi connectivity index (χ4n) is 9.58. The van der Waals surface area contributed by atoms with E-state index in [0.717, 1.165) is 103 Å². The Labute approximate surface area is 406 Å². The first-order valence-electron chi connectivity index (χ1n) is 29.0. The lowest BCUT2D eigenvalue weighted by atomic mass is 9.92. The first kappa shape index (κ1) is 63.4. The molecule has 65 heavy (non-hydrogen) atoms. The Balaban J connectivity index is 4.92. The van der Waals surface area contributed by atoms with E-state index in [0.29, 0.717) is 56.3 Å². The molecule has 0 bridgehead atoms. The van der Waals surface area contributed by atoms with E-state index in [1.807, 2.05) is 0 Å². The molecule has 0 N–H and O–H groups in total. The van der Waals surface area contributed by atoms with E-state index in [-0.39, 0.29) is 11.9 Å². The van der Waals surface area contributed by atoms with Gasteiger partial charge < -0.3 is 19.3 Å². The number of rotatable bonds is 51. The van der Waals surface area contributed by atoms with Crippen molar-refractivity contribution in [2.24, 2.45) is 11.8 Å². The Bertz CT molecular complexity index is 1040. The van der Waals surface area contributed by atoms with E-state index in [2.05, 4.69) is 58.5 Å². The van der Waals surface area contributed by atoms with Crippen molar-refractivity contribution in [3.05, 3.63) is 0 Å². The van der Waals surface area contributed by atoms with Crippen LogP contribution in [0.5, 0.6) is 0 Å². The fraction of sp³-hybridized carbons (Fsp3) is 0.948. The van der Waals surface area contributed by atoms with Gasteiger partial charge in [-0.1, -0.05) is 221 Å². The van der Waals surface area contributed by atoms with Gasteiger partial charge in [0.25, 0.3) is 0 Å². The van der Waals surface area contributed by atoms with Crippen LogP contribution in [0.25, 0.3) is 0 Å². The predicted octanol–water partition coefficient (Wildman–Crippen LogP) is 17.2. The number of ether oxygens (including phenoxy) is 2. The third kappa shape index (κ3) is 42.2. The van der Waals surface area contributed by atoms with Gasteiger partial charge in [0, 0.05) is 31.8 Å². The van der Waals surface area contributed by atoms with Gasteiger partial charge in [-0.25, -0.2) is 0 Å². The molecular formula is C58H114N2O5. The van der Waals surface area contributed by atoms with Crippen LogP contribution < -0.4 is 0 Å². The highest BCUT2D eigenvalue weighted by molar-refractivity contribution is 5.76. The number of nitrogens with zero attached hydrogens (tertiary/aromatic N) is 2. The van der Waals surface area contributed by atoms with Crippen LogP contribution in [0.15, 0.2) is 0 Å². The molecule has 0 rings (SSSR count). The Hall–Kier alpha value is -1.63. The smallest absolute Gasteiger partial charge is 0.305 e. The maximum absolute atomic E-state index is 13.9. The van der Waals surface area contributed by atoms with Gasteiger partial charge in [0.05, 0.1) is 13.2 Å². The number of hydrogen-bond acceptors (Lipinski definition) is 6. The molecule has 7 nitrogen and oxygen atoms in total. The normalized spacial score (nSPS) is 13.0. The van der Waals surface area contributed by atoms with Crippen molar-refractivity contribution in [2.45, 2.75) is 304 Å². The molecule has 3 unspecified atom stereocenters. The highest BCUT2D eigenvalue weighted by atomic mass is 16.5. The number of carbonyl (C=O) groups is 3. The fourth-order valence-corrected chi connectivity index (χ4v) is 9.58. The maximum Gasteiger partial charge on any atom is 0.305 e. The zero-order chi connectivity index (χ0) is 47.9. The van der Waals surface area contributed by atoms with Crippen LogP contribution in [-0.2, 0) is 23.9 Å². The summed E-state index contributed by atoms with van der Waals surface area (Å²) in [5.74, 6) is 1.58. The Morgan fingerprint density at radius 2 is 0.754 bits per heavy atom. The van der Waals surface area contributed by atoms with Crippen molar-refractivity contribution in [3.63, 3.8) is 0 Å². The van der Waals surface area contributed by atoms with Crippen LogP contribution >= 0.6 is 0 Å². The molecule has 0 spiro atoms. The van der Waals surface area contributed by atoms with E-state index in [9.17, 15) is 14.4 Å². The van der Waals surface area contributed by atoms with Crippen molar-refractivity contribution in [2.75, 3.05) is 40.4 Å². The minimum atomic E-state index is -0.0115. The van der Waals surface area contributed by atoms with Crippen molar-refractivity contribution in [3.8, 4) is 0 Å². The van der Waals surface area contributed by atoms with Crippen LogP contribution in [0.3, 0.4) is 0 Å². The van der Waals surface area contributed by atoms with Crippen LogP contribution in [0.2, 0.25) is 0 Å². The van der Waals surface area contributed by atoms with Gasteiger partial charge in [0.2, 0.25) is 5.91 Å². The Morgan fingerprint density at radius 3 is 1.26 bits per heavy atom. The molecule has 0 aromatic rings. The summed E-state index contributed by atoms with van der Waals surface area (Å²) in [6, 6.07) is 0.319. The minimum absolute atomic E-state index is 0.00681. The zero-order valence-electron chi connectivity index (χ0n) is 45.0. The lowest BCUT2D eigenvalue weighted by molar-refractivity contribution is -0.145. The van der Waals surface area contributed by atoms with Gasteiger partial charge >= 0.3 is 11.9 Å². The van der Waals surface area contributed by atoms with Gasteiger partial charge in [-0.05, 0) is 90.3 Å². The zero-order valence-corrected chi connectivity index (χ0v) is 45.0. The van der Waals surface area contributed by atoms with E-state index in [1.165, 1.54) is 154 Å². The number of amides is 1. The van der Waals surface area contributed by atoms with Gasteiger partial charge in [-0.3, -0.25) is 14.4 Å². The van der Waals surface area contributed by atoms with Crippen LogP contribution in [0.4, 0.5) is 0 Å². The molecule has 0 saturated heterocycles. The quantitative estimate of drug-likeness (QED) is 0.0447. The van der Waals surface area contributed by atoms with E-state index >= 15 is 0 Å². The highest BCUT2D eigenvalue weighted by Crippen LogP contribution is 2.24. The molecular weight excluding hydrogens is 805 g/mol. The molecule has 0 saturated carbocycles. The second-order valence-corrected chi connectivity index (χ2v) is 20.6. The minimum Gasteiger partial charge on any atom is -0.466 e. The Kier molecular flexibility index (Phi) is 47.6. The number of esters is 2. The second kappa shape index (κ2) is 48.8. The maximum atomic E-state index is 13.9. The average molecular weight is 920 g/mol. The van der Waals surface area contributed by atoms with Crippen molar-refractivity contribution in [1.82, 2.24) is 9.80 Å². The molecule has 0 radical (unpaired) electrons. The number of hydrogen-bond donors (Lipinski definition) is 0. The topological polar surface area (TPSA) is 76.2 Å². The third-order valence-corrected chi connectivity index (χ3v) is 14.0. The summed E-state index contributed by atoms with van der Waals surface area (Å²) < 4.78 is 11.5. The molecule has 0 aromatic heterocycles. The van der Waals surface area contributed by atoms with Crippen LogP contribution in [0, 0.1) is 11.8 Å². The Morgan fingerprint density at radius 1 is 0.369 bits per heavy atom. The standard InChI is InChI=1S/C58H114N2O5/c1-8-13-18-21-28-35-45-56(61)60(50-38-49-59(6)7)55(44-34-27-23-25-30-37-47-58(63)65-52-54(40-17-12-5)42-32-20-15-10-3)43-33-26-22-24-29-36-46-57(62)64-51-48-53(39-16-11-4)41-31-19-14-9-2/h53-55H,8-52H2,1-7H3. The first-order chi connectivity index (χ1) is 31.7. The molecule has 0 heterocycles. The SMILES string of the molecule is CCCCCCCCC(=O)N(CCCN(C)C)C(CCCCCCCCC(=O)OCCC(CCCC)CCCCCC)CCCCCCCCC(=O)OCC(CCCC)CCCCCC. The van der Waals surface area contributed by atoms with Crippen molar-refractivity contribution in [1.29, 1.82) is 0 Å². The summed E-state index contributed by atoms with van der Waals surface area (Å²) in [6.45, 7) is 14.4. The number of unbranched alkanes of at least 4 members (excludes halogenated alkanes) is 23. The summed E-state index contributed by atoms with van der Waals surface area (Å²) in [4.78, 5) is 43.6. The molecule has 7 heteroatoms. The monoisotopic (exact) mass is 919 g/mol. The van der Waals surface area contributed by atoms with Crippen LogP contribution in [-0.4, -0.2) is 74.1 Å². The largest absolute Gasteiger partial charge is 0.466 e. The van der Waals surface area contributed by atoms with Gasteiger partial charge in [-0.2, -0.15) is 0 Å². The predicted molar refractivity (Wildman–Crippen MR) is 281 cm³/mol. The lowest BCUT2D eigenvalue weighted by Gasteiger charge is -2.33. The molecule has 1 amide bonds. The number of carbonyl (C=O) groups excluding carboxylic acids is 3. The molecule has 0 aromatic carbocycles. The van der Waals surface area contributed by atoms with E-state index in [4.69, 9.17) is 9.47 Å². The van der Waals surface area contributed by atoms with E-state index < -0.39 is 0 Å². The summed E-state index contributed by atoms with van der Waals surface area (Å²) in [5.41, 5.74) is 0. The van der Waals surface area contributed by atoms with Crippen molar-refractivity contribution < 1.29 is 23.9 Å². The molecule has 3 atom stereocenters. The van der Waals surface area contributed by atoms with Gasteiger partial charge in [0.15, 0.2) is 0 Å². The average Bonchev–Trinajstić information content (AvgIpc) is 3.29. The molecule has 0 fully saturated rings. The second-order valence-electron chi connectivity index (χ2n) is 20.6. The van der Waals surface area contributed by atoms with Crippen molar-refractivity contribution >= 4 is 17.8 Å². The summed E-state index contributed by atoms with van der Waals surface area (Å²) in [7, 11) is 4.26. The summed E-state index contributed by atoms with van der Waals surface area (Å²) >= 11 is 0. The van der Waals surface area contributed by atoms with Crippen LogP contribution in [0.1, 0.15) is 298 Å². The third-order valence-electron chi connectivity index (χ3n) is 14.0. The van der Waals surface area contributed by atoms with E-state index in [1.54, 1.807) is 0 Å². The van der Waals surface area contributed by atoms with Gasteiger partial charge in [-0.15, -0.1) is 0 Å². The molecule has 0 aliphatic carbocycles. The van der Waals surface area contributed by atoms with Gasteiger partial charge in [0.1, 0.15) is 0 Å². The lowest BCUT2D eigenvalue weighted by Crippen LogP contribution is -2.41. The summed E-state index contributed by atoms with van der Waals surface area (Å²) in [5, 5.41) is 0.